The molecule has 0 amide bonds. The van der Waals surface area contributed by atoms with E-state index in [-0.39, 0.29) is 17.2 Å². The first-order valence-corrected chi connectivity index (χ1v) is 21.4. The summed E-state index contributed by atoms with van der Waals surface area (Å²) in [6.07, 6.45) is 10.1. The maximum absolute atomic E-state index is 10.2. The van der Waals surface area contributed by atoms with Crippen LogP contribution in [0, 0.1) is 17.8 Å². The van der Waals surface area contributed by atoms with Gasteiger partial charge in [0.25, 0.3) is 0 Å². The summed E-state index contributed by atoms with van der Waals surface area (Å²) in [5.74, 6) is 2.03. The van der Waals surface area contributed by atoms with E-state index in [0.29, 0.717) is 24.6 Å². The van der Waals surface area contributed by atoms with Crippen molar-refractivity contribution in [1.82, 2.24) is 9.55 Å². The Morgan fingerprint density at radius 1 is 1.11 bits per heavy atom. The molecule has 212 valence electrons. The number of nitrogens with zero attached hydrogens (tertiary/aromatic N) is 2. The molecule has 1 unspecified atom stereocenters. The quantitative estimate of drug-likeness (QED) is 0.238. The van der Waals surface area contributed by atoms with Crippen molar-refractivity contribution in [3.8, 4) is 0 Å². The molecule has 4 fully saturated rings. The molecule has 2 heterocycles. The van der Waals surface area contributed by atoms with E-state index in [9.17, 15) is 5.11 Å². The van der Waals surface area contributed by atoms with E-state index in [2.05, 4.69) is 75.7 Å². The van der Waals surface area contributed by atoms with Crippen molar-refractivity contribution in [3.05, 3.63) is 24.0 Å². The fraction of sp³-hybridized carbons (Fsp3) is 0.767. The third kappa shape index (κ3) is 5.53. The molecule has 0 aliphatic heterocycles. The maximum atomic E-state index is 10.2. The van der Waals surface area contributed by atoms with Crippen LogP contribution in [-0.4, -0.2) is 49.3 Å². The minimum Gasteiger partial charge on any atom is -0.411 e. The highest BCUT2D eigenvalue weighted by Gasteiger charge is 2.58. The van der Waals surface area contributed by atoms with Gasteiger partial charge in [0.1, 0.15) is 12.4 Å². The number of aliphatic hydroxyl groups excluding tert-OH is 1. The molecule has 38 heavy (non-hydrogen) atoms. The molecule has 2 N–H and O–H groups in total. The van der Waals surface area contributed by atoms with Gasteiger partial charge in [-0.25, -0.2) is 4.98 Å². The summed E-state index contributed by atoms with van der Waals surface area (Å²) in [6, 6.07) is 3.73. The van der Waals surface area contributed by atoms with Crippen LogP contribution in [0.25, 0.3) is 11.0 Å². The minimum atomic E-state index is -1.83. The first kappa shape index (κ1) is 28.3. The van der Waals surface area contributed by atoms with E-state index in [1.165, 1.54) is 32.1 Å². The number of anilines is 1. The van der Waals surface area contributed by atoms with E-state index >= 15 is 0 Å². The number of rotatable bonds is 10. The Balaban J connectivity index is 1.35. The molecule has 4 saturated carbocycles. The average Bonchev–Trinajstić information content (AvgIpc) is 3.20. The second-order valence-corrected chi connectivity index (χ2v) is 25.7. The van der Waals surface area contributed by atoms with Crippen LogP contribution in [-0.2, 0) is 22.5 Å². The Hall–Kier alpha value is -1.20. The van der Waals surface area contributed by atoms with Gasteiger partial charge in [0.05, 0.1) is 17.9 Å². The van der Waals surface area contributed by atoms with Crippen LogP contribution >= 0.6 is 0 Å². The molecule has 0 radical (unpaired) electrons. The van der Waals surface area contributed by atoms with E-state index in [1.807, 2.05) is 6.20 Å². The summed E-state index contributed by atoms with van der Waals surface area (Å²) in [5.41, 5.74) is 2.95. The Bertz CT molecular complexity index is 1130. The fourth-order valence-corrected chi connectivity index (χ4v) is 9.68. The molecule has 4 bridgehead atoms. The zero-order valence-electron chi connectivity index (χ0n) is 25.1. The van der Waals surface area contributed by atoms with Crippen LogP contribution in [0.1, 0.15) is 58.4 Å². The molecule has 0 aromatic carbocycles. The van der Waals surface area contributed by atoms with Crippen molar-refractivity contribution < 1.29 is 14.3 Å². The topological polar surface area (TPSA) is 68.5 Å². The largest absolute Gasteiger partial charge is 0.411 e. The van der Waals surface area contributed by atoms with E-state index < -0.39 is 16.4 Å². The Labute approximate surface area is 232 Å². The van der Waals surface area contributed by atoms with Crippen molar-refractivity contribution in [2.24, 2.45) is 17.8 Å². The Morgan fingerprint density at radius 3 is 2.39 bits per heavy atom. The standard InChI is InChI=1S/C30H51N3O3Si2/c1-29(2,3)38(7,8)36-30-15-21-13-22(16-30)26(23(14-21)17-30)32-27-24(19-34)18-31-28-25(27)9-10-33(28)20-35-11-12-37(4,5)6/h9-10,18,21-23,26,34H,11-17,19-20H2,1-8H3,(H,31,32)/t21?,22-,23+,26+,30-. The predicted molar refractivity (Wildman–Crippen MR) is 162 cm³/mol. The molecule has 2 aromatic heterocycles. The molecule has 6 nitrogen and oxygen atoms in total. The Morgan fingerprint density at radius 2 is 1.79 bits per heavy atom. The van der Waals surface area contributed by atoms with Crippen LogP contribution in [0.4, 0.5) is 5.69 Å². The molecule has 5 atom stereocenters. The lowest BCUT2D eigenvalue weighted by atomic mass is 9.52. The second kappa shape index (κ2) is 10.0. The lowest BCUT2D eigenvalue weighted by Crippen LogP contribution is -2.63. The van der Waals surface area contributed by atoms with Crippen molar-refractivity contribution in [2.45, 2.75) is 122 Å². The van der Waals surface area contributed by atoms with Crippen LogP contribution in [0.5, 0.6) is 0 Å². The van der Waals surface area contributed by atoms with Gasteiger partial charge < -0.3 is 24.2 Å². The highest BCUT2D eigenvalue weighted by molar-refractivity contribution is 6.76. The summed E-state index contributed by atoms with van der Waals surface area (Å²) >= 11 is 0. The summed E-state index contributed by atoms with van der Waals surface area (Å²) in [7, 11) is -2.95. The van der Waals surface area contributed by atoms with E-state index in [1.54, 1.807) is 0 Å². The first-order chi connectivity index (χ1) is 17.7. The highest BCUT2D eigenvalue weighted by atomic mass is 28.4. The van der Waals surface area contributed by atoms with Crippen molar-refractivity contribution in [3.63, 3.8) is 0 Å². The van der Waals surface area contributed by atoms with Gasteiger partial charge in [-0.1, -0.05) is 40.4 Å². The molecule has 2 aromatic rings. The number of hydrogen-bond acceptors (Lipinski definition) is 5. The third-order valence-electron chi connectivity index (χ3n) is 10.1. The zero-order valence-corrected chi connectivity index (χ0v) is 27.1. The van der Waals surface area contributed by atoms with Crippen molar-refractivity contribution >= 4 is 33.1 Å². The van der Waals surface area contributed by atoms with Gasteiger partial charge in [0.2, 0.25) is 0 Å². The van der Waals surface area contributed by atoms with Gasteiger partial charge >= 0.3 is 0 Å². The summed E-state index contributed by atoms with van der Waals surface area (Å²) in [5, 5.41) is 15.6. The first-order valence-electron chi connectivity index (χ1n) is 14.8. The number of aromatic nitrogens is 2. The Kier molecular flexibility index (Phi) is 7.47. The van der Waals surface area contributed by atoms with Gasteiger partial charge in [-0.15, -0.1) is 0 Å². The molecule has 6 rings (SSSR count). The molecular formula is C30H51N3O3Si2. The number of pyridine rings is 1. The van der Waals surface area contributed by atoms with Gasteiger partial charge in [0, 0.05) is 44.1 Å². The number of aliphatic hydroxyl groups is 1. The lowest BCUT2D eigenvalue weighted by Gasteiger charge is -2.62. The number of nitrogens with one attached hydrogen (secondary N) is 1. The van der Waals surface area contributed by atoms with Gasteiger partial charge in [-0.05, 0) is 80.1 Å². The van der Waals surface area contributed by atoms with Gasteiger partial charge in [-0.2, -0.15) is 0 Å². The maximum Gasteiger partial charge on any atom is 0.192 e. The smallest absolute Gasteiger partial charge is 0.192 e. The second-order valence-electron chi connectivity index (χ2n) is 15.4. The van der Waals surface area contributed by atoms with Crippen LogP contribution in [0.3, 0.4) is 0 Å². The van der Waals surface area contributed by atoms with Crippen LogP contribution in [0.2, 0.25) is 43.8 Å². The third-order valence-corrected chi connectivity index (χ3v) is 16.3. The summed E-state index contributed by atoms with van der Waals surface area (Å²) in [4.78, 5) is 4.74. The predicted octanol–water partition coefficient (Wildman–Crippen LogP) is 7.22. The molecular weight excluding hydrogens is 507 g/mol. The van der Waals surface area contributed by atoms with E-state index in [0.717, 1.165) is 40.9 Å². The SMILES string of the molecule is CC(C)(C)[Si](C)(C)O[C@]12CC3C[C@H](C1)[C@H](Nc1c(CO)cnc4c1ccn4COCC[Si](C)(C)C)[C@@H](C3)C2. The van der Waals surface area contributed by atoms with Crippen molar-refractivity contribution in [1.29, 1.82) is 0 Å². The lowest BCUT2D eigenvalue weighted by molar-refractivity contribution is -0.120. The minimum absolute atomic E-state index is 0.00768. The average molecular weight is 558 g/mol. The van der Waals surface area contributed by atoms with Crippen LogP contribution < -0.4 is 5.32 Å². The number of hydrogen-bond donors (Lipinski definition) is 2. The molecule has 4 aliphatic carbocycles. The van der Waals surface area contributed by atoms with Gasteiger partial charge in [-0.3, -0.25) is 0 Å². The molecule has 0 saturated heterocycles. The normalized spacial score (nSPS) is 29.4. The number of ether oxygens (including phenoxy) is 1. The molecule has 0 spiro atoms. The molecule has 4 aliphatic rings. The number of fused-ring (bicyclic) bond motifs is 1. The van der Waals surface area contributed by atoms with E-state index in [4.69, 9.17) is 14.1 Å². The molecule has 8 heteroatoms. The van der Waals surface area contributed by atoms with Gasteiger partial charge in [0.15, 0.2) is 8.32 Å². The summed E-state index contributed by atoms with van der Waals surface area (Å²) < 4.78 is 15.4. The highest BCUT2D eigenvalue weighted by Crippen LogP contribution is 2.59. The van der Waals surface area contributed by atoms with Crippen molar-refractivity contribution in [2.75, 3.05) is 11.9 Å². The van der Waals surface area contributed by atoms with Crippen LogP contribution in [0.15, 0.2) is 18.5 Å². The fourth-order valence-electron chi connectivity index (χ4n) is 7.29. The summed E-state index contributed by atoms with van der Waals surface area (Å²) in [6.45, 7) is 20.4. The monoisotopic (exact) mass is 557 g/mol. The zero-order chi connectivity index (χ0) is 27.5.